The van der Waals surface area contributed by atoms with E-state index in [-0.39, 0.29) is 0 Å². The topological polar surface area (TPSA) is 105 Å². The summed E-state index contributed by atoms with van der Waals surface area (Å²) in [5, 5.41) is 28.6. The minimum Gasteiger partial charge on any atom is -0.390 e. The van der Waals surface area contributed by atoms with Crippen molar-refractivity contribution < 1.29 is 5.11 Å². The summed E-state index contributed by atoms with van der Waals surface area (Å²) in [5.74, 6) is 0.418. The first-order valence-electron chi connectivity index (χ1n) is 8.03. The second kappa shape index (κ2) is 9.08. The number of nitrogens with one attached hydrogen (secondary N) is 3. The Bertz CT molecular complexity index is 533. The fourth-order valence-corrected chi connectivity index (χ4v) is 2.66. The zero-order valence-corrected chi connectivity index (χ0v) is 13.3. The summed E-state index contributed by atoms with van der Waals surface area (Å²) in [6, 6.07) is 3.67. The number of aliphatic hydroxyl groups is 1. The van der Waals surface area contributed by atoms with Gasteiger partial charge in [0.25, 0.3) is 0 Å². The molecule has 1 aliphatic heterocycles. The third kappa shape index (κ3) is 6.22. The smallest absolute Gasteiger partial charge is 0.211 e. The molecule has 0 saturated carbocycles. The lowest BCUT2D eigenvalue weighted by Crippen LogP contribution is -2.41. The average Bonchev–Trinajstić information content (AvgIpc) is 2.56. The van der Waals surface area contributed by atoms with Crippen LogP contribution in [0.2, 0.25) is 0 Å². The Morgan fingerprint density at radius 1 is 1.43 bits per heavy atom. The van der Waals surface area contributed by atoms with E-state index in [1.807, 2.05) is 12.1 Å². The first-order chi connectivity index (χ1) is 11.2. The summed E-state index contributed by atoms with van der Waals surface area (Å²) in [5.41, 5.74) is 0.265. The fraction of sp³-hybridized carbons (Fsp3) is 0.562. The van der Waals surface area contributed by atoms with E-state index in [9.17, 15) is 5.11 Å². The summed E-state index contributed by atoms with van der Waals surface area (Å²) in [6.07, 6.45) is 9.45. The molecule has 1 saturated heterocycles. The molecule has 1 aliphatic rings. The van der Waals surface area contributed by atoms with Gasteiger partial charge in [-0.1, -0.05) is 0 Å². The minimum absolute atomic E-state index is 0.418. The Hall–Kier alpha value is -2.17. The molecule has 0 unspecified atom stereocenters. The van der Waals surface area contributed by atoms with Gasteiger partial charge in [0.15, 0.2) is 0 Å². The van der Waals surface area contributed by atoms with E-state index in [0.29, 0.717) is 12.5 Å². The van der Waals surface area contributed by atoms with E-state index in [2.05, 4.69) is 25.9 Å². The lowest BCUT2D eigenvalue weighted by atomic mass is 9.87. The molecule has 4 N–H and O–H groups in total. The Balaban J connectivity index is 1.68. The highest BCUT2D eigenvalue weighted by Gasteiger charge is 2.27. The fourth-order valence-electron chi connectivity index (χ4n) is 2.66. The van der Waals surface area contributed by atoms with Crippen LogP contribution in [0.4, 0.5) is 5.69 Å². The maximum atomic E-state index is 10.4. The van der Waals surface area contributed by atoms with Gasteiger partial charge in [-0.3, -0.25) is 4.98 Å². The standard InChI is InChI=1S/C16H24N6O/c17-13-21-15(22-14-4-3-8-19-12-14)20-9-2-1-5-16(23)6-10-18-11-7-16/h3-4,8,12,18,23H,1-2,5-7,9-11H2,(H2,20,21,22). The number of piperidine rings is 1. The number of aliphatic imine (C=N–C) groups is 1. The average molecular weight is 316 g/mol. The van der Waals surface area contributed by atoms with Crippen molar-refractivity contribution in [3.8, 4) is 6.19 Å². The summed E-state index contributed by atoms with van der Waals surface area (Å²) in [7, 11) is 0. The molecule has 23 heavy (non-hydrogen) atoms. The van der Waals surface area contributed by atoms with Gasteiger partial charge in [0.1, 0.15) is 0 Å². The molecule has 2 heterocycles. The van der Waals surface area contributed by atoms with Gasteiger partial charge in [-0.15, -0.1) is 4.99 Å². The van der Waals surface area contributed by atoms with Gasteiger partial charge >= 0.3 is 0 Å². The first kappa shape index (κ1) is 17.2. The van der Waals surface area contributed by atoms with Crippen LogP contribution in [-0.2, 0) is 0 Å². The van der Waals surface area contributed by atoms with E-state index in [1.54, 1.807) is 18.6 Å². The molecule has 0 atom stereocenters. The maximum absolute atomic E-state index is 10.4. The van der Waals surface area contributed by atoms with Crippen molar-refractivity contribution >= 4 is 11.6 Å². The summed E-state index contributed by atoms with van der Waals surface area (Å²) in [4.78, 5) is 7.74. The summed E-state index contributed by atoms with van der Waals surface area (Å²) >= 11 is 0. The van der Waals surface area contributed by atoms with Crippen molar-refractivity contribution in [2.45, 2.75) is 37.7 Å². The molecule has 0 bridgehead atoms. The third-order valence-corrected chi connectivity index (χ3v) is 3.98. The number of nitrogens with zero attached hydrogens (tertiary/aromatic N) is 3. The van der Waals surface area contributed by atoms with Crippen molar-refractivity contribution in [3.05, 3.63) is 24.5 Å². The molecular formula is C16H24N6O. The Morgan fingerprint density at radius 3 is 2.96 bits per heavy atom. The van der Waals surface area contributed by atoms with Crippen LogP contribution >= 0.6 is 0 Å². The number of aromatic nitrogens is 1. The molecule has 2 rings (SSSR count). The van der Waals surface area contributed by atoms with E-state index in [0.717, 1.165) is 50.9 Å². The van der Waals surface area contributed by atoms with Crippen molar-refractivity contribution in [1.82, 2.24) is 15.6 Å². The summed E-state index contributed by atoms with van der Waals surface area (Å²) in [6.45, 7) is 2.48. The van der Waals surface area contributed by atoms with E-state index in [1.165, 1.54) is 0 Å². The molecule has 0 spiro atoms. The van der Waals surface area contributed by atoms with Crippen molar-refractivity contribution in [2.75, 3.05) is 25.0 Å². The number of nitriles is 1. The number of pyridine rings is 1. The van der Waals surface area contributed by atoms with Crippen molar-refractivity contribution in [3.63, 3.8) is 0 Å². The van der Waals surface area contributed by atoms with Crippen LogP contribution in [0.5, 0.6) is 0 Å². The van der Waals surface area contributed by atoms with E-state index in [4.69, 9.17) is 5.26 Å². The van der Waals surface area contributed by atoms with Gasteiger partial charge in [0.2, 0.25) is 12.2 Å². The third-order valence-electron chi connectivity index (χ3n) is 3.98. The SMILES string of the molecule is N#C/N=C(\NCCCCC1(O)CCNCC1)Nc1cccnc1. The second-order valence-electron chi connectivity index (χ2n) is 5.79. The molecular weight excluding hydrogens is 292 g/mol. The predicted molar refractivity (Wildman–Crippen MR) is 89.8 cm³/mol. The Morgan fingerprint density at radius 2 is 2.26 bits per heavy atom. The van der Waals surface area contributed by atoms with Crippen LogP contribution in [0.3, 0.4) is 0 Å². The molecule has 0 radical (unpaired) electrons. The molecule has 7 nitrogen and oxygen atoms in total. The van der Waals surface area contributed by atoms with Gasteiger partial charge in [0.05, 0.1) is 17.5 Å². The molecule has 0 amide bonds. The highest BCUT2D eigenvalue weighted by atomic mass is 16.3. The number of hydrogen-bond acceptors (Lipinski definition) is 5. The number of guanidine groups is 1. The van der Waals surface area contributed by atoms with Gasteiger partial charge in [-0.2, -0.15) is 5.26 Å². The number of rotatable bonds is 6. The van der Waals surface area contributed by atoms with Crippen LogP contribution in [0, 0.1) is 11.5 Å². The molecule has 1 fully saturated rings. The number of hydrogen-bond donors (Lipinski definition) is 4. The monoisotopic (exact) mass is 316 g/mol. The largest absolute Gasteiger partial charge is 0.390 e. The second-order valence-corrected chi connectivity index (χ2v) is 5.79. The zero-order valence-electron chi connectivity index (χ0n) is 13.3. The first-order valence-corrected chi connectivity index (χ1v) is 8.03. The normalized spacial score (nSPS) is 17.3. The Kier molecular flexibility index (Phi) is 6.78. The minimum atomic E-state index is -0.511. The highest BCUT2D eigenvalue weighted by Crippen LogP contribution is 2.24. The van der Waals surface area contributed by atoms with Crippen LogP contribution in [-0.4, -0.2) is 41.3 Å². The number of unbranched alkanes of at least 4 members (excludes halogenated alkanes) is 1. The zero-order chi connectivity index (χ0) is 16.4. The van der Waals surface area contributed by atoms with E-state index >= 15 is 0 Å². The quantitative estimate of drug-likeness (QED) is 0.272. The lowest BCUT2D eigenvalue weighted by molar-refractivity contribution is 0.000512. The maximum Gasteiger partial charge on any atom is 0.211 e. The lowest BCUT2D eigenvalue weighted by Gasteiger charge is -2.32. The van der Waals surface area contributed by atoms with Crippen LogP contribution < -0.4 is 16.0 Å². The van der Waals surface area contributed by atoms with Gasteiger partial charge in [-0.25, -0.2) is 0 Å². The van der Waals surface area contributed by atoms with Gasteiger partial charge in [-0.05, 0) is 57.3 Å². The molecule has 7 heteroatoms. The molecule has 0 aliphatic carbocycles. The van der Waals surface area contributed by atoms with Crippen molar-refractivity contribution in [2.24, 2.45) is 4.99 Å². The van der Waals surface area contributed by atoms with Crippen LogP contribution in [0.25, 0.3) is 0 Å². The van der Waals surface area contributed by atoms with Crippen LogP contribution in [0.1, 0.15) is 32.1 Å². The highest BCUT2D eigenvalue weighted by molar-refractivity contribution is 5.93. The predicted octanol–water partition coefficient (Wildman–Crippen LogP) is 1.20. The van der Waals surface area contributed by atoms with Gasteiger partial charge < -0.3 is 21.1 Å². The molecule has 1 aromatic rings. The molecule has 124 valence electrons. The Labute approximate surface area is 136 Å². The van der Waals surface area contributed by atoms with E-state index < -0.39 is 5.60 Å². The van der Waals surface area contributed by atoms with Gasteiger partial charge in [0, 0.05) is 12.7 Å². The number of anilines is 1. The molecule has 1 aromatic heterocycles. The molecule has 0 aromatic carbocycles. The van der Waals surface area contributed by atoms with Crippen molar-refractivity contribution in [1.29, 1.82) is 5.26 Å². The summed E-state index contributed by atoms with van der Waals surface area (Å²) < 4.78 is 0. The van der Waals surface area contributed by atoms with Crippen LogP contribution in [0.15, 0.2) is 29.5 Å².